The minimum absolute atomic E-state index is 0.0240. The Hall–Kier alpha value is -1.95. The Morgan fingerprint density at radius 2 is 1.90 bits per heavy atom. The van der Waals surface area contributed by atoms with Crippen LogP contribution < -0.4 is 0 Å². The molecule has 0 aliphatic rings. The lowest BCUT2D eigenvalue weighted by atomic mass is 10.1. The number of nitrogens with zero attached hydrogens (tertiary/aromatic N) is 1. The minimum Gasteiger partial charge on any atom is -0.477 e. The van der Waals surface area contributed by atoms with Gasteiger partial charge in [-0.25, -0.2) is 4.79 Å². The molecule has 2 rings (SSSR count). The highest BCUT2D eigenvalue weighted by atomic mass is 35.5. The van der Waals surface area contributed by atoms with Gasteiger partial charge in [0.05, 0.1) is 10.6 Å². The van der Waals surface area contributed by atoms with E-state index in [1.54, 1.807) is 0 Å². The Balaban J connectivity index is 2.52. The molecule has 0 amide bonds. The van der Waals surface area contributed by atoms with E-state index in [1.165, 1.54) is 29.8 Å². The zero-order chi connectivity index (χ0) is 15.1. The highest BCUT2D eigenvalue weighted by Crippen LogP contribution is 2.35. The average molecular weight is 304 g/mol. The van der Waals surface area contributed by atoms with Crippen molar-refractivity contribution in [2.24, 2.45) is 7.05 Å². The number of aromatic nitrogens is 1. The molecule has 1 aromatic heterocycles. The van der Waals surface area contributed by atoms with Crippen molar-refractivity contribution in [3.63, 3.8) is 0 Å². The third-order valence-corrected chi connectivity index (χ3v) is 3.23. The van der Waals surface area contributed by atoms with Gasteiger partial charge in [-0.1, -0.05) is 17.7 Å². The van der Waals surface area contributed by atoms with Gasteiger partial charge in [-0.3, -0.25) is 0 Å². The van der Waals surface area contributed by atoms with Crippen LogP contribution >= 0.6 is 11.6 Å². The highest BCUT2D eigenvalue weighted by molar-refractivity contribution is 6.33. The molecule has 20 heavy (non-hydrogen) atoms. The Morgan fingerprint density at radius 1 is 1.25 bits per heavy atom. The molecule has 0 unspecified atom stereocenters. The minimum atomic E-state index is -4.47. The van der Waals surface area contributed by atoms with Crippen molar-refractivity contribution in [3.05, 3.63) is 46.6 Å². The van der Waals surface area contributed by atoms with E-state index in [4.69, 9.17) is 16.7 Å². The molecule has 0 saturated carbocycles. The fourth-order valence-corrected chi connectivity index (χ4v) is 2.17. The smallest absolute Gasteiger partial charge is 0.416 e. The Bertz CT molecular complexity index is 677. The Kier molecular flexibility index (Phi) is 3.52. The molecule has 3 nitrogen and oxygen atoms in total. The molecular formula is C13H9ClF3NO2. The first-order valence-electron chi connectivity index (χ1n) is 5.48. The van der Waals surface area contributed by atoms with Crippen LogP contribution in [0.4, 0.5) is 13.2 Å². The van der Waals surface area contributed by atoms with Crippen molar-refractivity contribution in [1.82, 2.24) is 4.57 Å². The van der Waals surface area contributed by atoms with Gasteiger partial charge in [0, 0.05) is 18.3 Å². The predicted molar refractivity (Wildman–Crippen MR) is 67.8 cm³/mol. The summed E-state index contributed by atoms with van der Waals surface area (Å²) < 4.78 is 39.0. The first kappa shape index (κ1) is 14.5. The van der Waals surface area contributed by atoms with Crippen molar-refractivity contribution in [2.45, 2.75) is 6.18 Å². The first-order valence-corrected chi connectivity index (χ1v) is 5.85. The number of benzene rings is 1. The largest absolute Gasteiger partial charge is 0.477 e. The van der Waals surface area contributed by atoms with Crippen LogP contribution in [0.3, 0.4) is 0 Å². The second-order valence-corrected chi connectivity index (χ2v) is 4.57. The van der Waals surface area contributed by atoms with E-state index in [2.05, 4.69) is 0 Å². The lowest BCUT2D eigenvalue weighted by Crippen LogP contribution is -2.06. The lowest BCUT2D eigenvalue weighted by Gasteiger charge is -2.11. The van der Waals surface area contributed by atoms with Crippen LogP contribution in [0.25, 0.3) is 11.3 Å². The van der Waals surface area contributed by atoms with Gasteiger partial charge in [-0.2, -0.15) is 13.2 Å². The molecular weight excluding hydrogens is 295 g/mol. The molecule has 0 aliphatic heterocycles. The predicted octanol–water partition coefficient (Wildman–Crippen LogP) is 4.06. The van der Waals surface area contributed by atoms with Gasteiger partial charge in [-0.15, -0.1) is 0 Å². The van der Waals surface area contributed by atoms with Gasteiger partial charge >= 0.3 is 12.1 Å². The summed E-state index contributed by atoms with van der Waals surface area (Å²) in [5, 5.41) is 8.86. The van der Waals surface area contributed by atoms with E-state index in [-0.39, 0.29) is 10.7 Å². The van der Waals surface area contributed by atoms with Gasteiger partial charge in [-0.05, 0) is 24.3 Å². The third kappa shape index (κ3) is 2.51. The molecule has 0 radical (unpaired) electrons. The van der Waals surface area contributed by atoms with Crippen LogP contribution in [0.15, 0.2) is 30.3 Å². The molecule has 7 heteroatoms. The summed E-state index contributed by atoms with van der Waals surface area (Å²) in [4.78, 5) is 10.9. The molecule has 106 valence electrons. The highest BCUT2D eigenvalue weighted by Gasteiger charge is 2.31. The van der Waals surface area contributed by atoms with Crippen LogP contribution in [-0.4, -0.2) is 15.6 Å². The van der Waals surface area contributed by atoms with Crippen LogP contribution in [0, 0.1) is 0 Å². The van der Waals surface area contributed by atoms with E-state index in [9.17, 15) is 18.0 Å². The van der Waals surface area contributed by atoms with Crippen molar-refractivity contribution < 1.29 is 23.1 Å². The van der Waals surface area contributed by atoms with Gasteiger partial charge in [0.15, 0.2) is 0 Å². The van der Waals surface area contributed by atoms with E-state index in [1.807, 2.05) is 0 Å². The van der Waals surface area contributed by atoms with Crippen molar-refractivity contribution in [2.75, 3.05) is 0 Å². The quantitative estimate of drug-likeness (QED) is 0.909. The van der Waals surface area contributed by atoms with Crippen molar-refractivity contribution >= 4 is 17.6 Å². The zero-order valence-electron chi connectivity index (χ0n) is 10.2. The molecule has 0 saturated heterocycles. The second-order valence-electron chi connectivity index (χ2n) is 4.16. The molecule has 1 N–H and O–H groups in total. The van der Waals surface area contributed by atoms with Gasteiger partial charge < -0.3 is 9.67 Å². The summed E-state index contributed by atoms with van der Waals surface area (Å²) in [6, 6.07) is 5.83. The van der Waals surface area contributed by atoms with E-state index in [0.717, 1.165) is 12.1 Å². The molecule has 0 fully saturated rings. The molecule has 0 bridgehead atoms. The summed E-state index contributed by atoms with van der Waals surface area (Å²) in [5.74, 6) is -1.12. The lowest BCUT2D eigenvalue weighted by molar-refractivity contribution is -0.137. The summed E-state index contributed by atoms with van der Waals surface area (Å²) in [5.41, 5.74) is -0.0503. The maximum Gasteiger partial charge on any atom is 0.416 e. The van der Waals surface area contributed by atoms with E-state index in [0.29, 0.717) is 11.3 Å². The average Bonchev–Trinajstić information content (AvgIpc) is 2.70. The van der Waals surface area contributed by atoms with Gasteiger partial charge in [0.1, 0.15) is 5.69 Å². The normalized spacial score (nSPS) is 11.7. The van der Waals surface area contributed by atoms with Gasteiger partial charge in [0.2, 0.25) is 0 Å². The topological polar surface area (TPSA) is 42.2 Å². The van der Waals surface area contributed by atoms with Crippen LogP contribution in [0.5, 0.6) is 0 Å². The van der Waals surface area contributed by atoms with E-state index < -0.39 is 17.7 Å². The summed E-state index contributed by atoms with van der Waals surface area (Å²) >= 11 is 5.87. The van der Waals surface area contributed by atoms with Crippen LogP contribution in [0.1, 0.15) is 16.1 Å². The van der Waals surface area contributed by atoms with Crippen LogP contribution in [-0.2, 0) is 13.2 Å². The molecule has 1 heterocycles. The molecule has 0 atom stereocenters. The fourth-order valence-electron chi connectivity index (χ4n) is 1.90. The summed E-state index contributed by atoms with van der Waals surface area (Å²) in [6.45, 7) is 0. The maximum absolute atomic E-state index is 12.5. The fraction of sp³-hybridized carbons (Fsp3) is 0.154. The molecule has 0 aliphatic carbocycles. The Labute approximate surface area is 117 Å². The second kappa shape index (κ2) is 4.86. The molecule has 2 aromatic rings. The van der Waals surface area contributed by atoms with Crippen molar-refractivity contribution in [1.29, 1.82) is 0 Å². The van der Waals surface area contributed by atoms with E-state index >= 15 is 0 Å². The maximum atomic E-state index is 12.5. The van der Waals surface area contributed by atoms with Gasteiger partial charge in [0.25, 0.3) is 0 Å². The van der Waals surface area contributed by atoms with Crippen LogP contribution in [0.2, 0.25) is 5.02 Å². The standard InChI is InChI=1S/C13H9ClF3NO2/c1-18-10(4-5-11(18)12(19)20)8-3-2-7(6-9(8)14)13(15,16)17/h2-6H,1H3,(H,19,20). The number of halogens is 4. The van der Waals surface area contributed by atoms with Crippen molar-refractivity contribution in [3.8, 4) is 11.3 Å². The first-order chi connectivity index (χ1) is 9.21. The number of rotatable bonds is 2. The number of hydrogen-bond acceptors (Lipinski definition) is 1. The number of alkyl halides is 3. The zero-order valence-corrected chi connectivity index (χ0v) is 11.0. The summed E-state index contributed by atoms with van der Waals surface area (Å²) in [6.07, 6.45) is -4.47. The number of carbonyl (C=O) groups is 1. The molecule has 1 aromatic carbocycles. The number of carboxylic acids is 1. The Morgan fingerprint density at radius 3 is 2.35 bits per heavy atom. The molecule has 0 spiro atoms. The number of carboxylic acid groups (broad SMARTS) is 1. The number of hydrogen-bond donors (Lipinski definition) is 1. The SMILES string of the molecule is Cn1c(C(=O)O)ccc1-c1ccc(C(F)(F)F)cc1Cl. The monoisotopic (exact) mass is 303 g/mol. The third-order valence-electron chi connectivity index (χ3n) is 2.91. The summed E-state index contributed by atoms with van der Waals surface area (Å²) in [7, 11) is 1.51. The number of aromatic carboxylic acids is 1.